The molecular formula is C13H17N3O2. The van der Waals surface area contributed by atoms with Crippen molar-refractivity contribution < 1.29 is 9.53 Å². The zero-order valence-electron chi connectivity index (χ0n) is 10.8. The van der Waals surface area contributed by atoms with Crippen molar-refractivity contribution in [2.24, 2.45) is 4.99 Å². The van der Waals surface area contributed by atoms with Gasteiger partial charge in [0.25, 0.3) is 0 Å². The molecule has 1 aromatic rings. The van der Waals surface area contributed by atoms with Gasteiger partial charge in [-0.2, -0.15) is 0 Å². The fourth-order valence-electron chi connectivity index (χ4n) is 1.63. The summed E-state index contributed by atoms with van der Waals surface area (Å²) in [6, 6.07) is 5.34. The molecule has 0 bridgehead atoms. The van der Waals surface area contributed by atoms with E-state index in [1.54, 1.807) is 32.4 Å². The van der Waals surface area contributed by atoms with Gasteiger partial charge in [0, 0.05) is 37.9 Å². The van der Waals surface area contributed by atoms with Gasteiger partial charge in [-0.1, -0.05) is 0 Å². The van der Waals surface area contributed by atoms with Gasteiger partial charge in [-0.25, -0.2) is 0 Å². The van der Waals surface area contributed by atoms with E-state index in [1.807, 2.05) is 0 Å². The van der Waals surface area contributed by atoms with Crippen LogP contribution in [0.2, 0.25) is 0 Å². The van der Waals surface area contributed by atoms with Gasteiger partial charge in [0.1, 0.15) is 5.75 Å². The van der Waals surface area contributed by atoms with Crippen LogP contribution in [0.15, 0.2) is 23.2 Å². The Morgan fingerprint density at radius 3 is 2.78 bits per heavy atom. The normalized spacial score (nSPS) is 10.9. The van der Waals surface area contributed by atoms with Gasteiger partial charge in [0.15, 0.2) is 0 Å². The van der Waals surface area contributed by atoms with Crippen molar-refractivity contribution in [2.75, 3.05) is 19.5 Å². The fourth-order valence-corrected chi connectivity index (χ4v) is 1.63. The molecule has 0 aliphatic carbocycles. The van der Waals surface area contributed by atoms with E-state index in [4.69, 9.17) is 10.1 Å². The Morgan fingerprint density at radius 1 is 1.56 bits per heavy atom. The Labute approximate surface area is 106 Å². The van der Waals surface area contributed by atoms with E-state index in [-0.39, 0.29) is 5.91 Å². The third-order valence-corrected chi connectivity index (χ3v) is 2.40. The van der Waals surface area contributed by atoms with Gasteiger partial charge in [-0.3, -0.25) is 9.79 Å². The molecule has 0 aliphatic heterocycles. The maximum absolute atomic E-state index is 11.0. The third-order valence-electron chi connectivity index (χ3n) is 2.40. The van der Waals surface area contributed by atoms with Gasteiger partial charge >= 0.3 is 0 Å². The van der Waals surface area contributed by atoms with E-state index < -0.39 is 0 Å². The Balaban J connectivity index is 3.20. The maximum Gasteiger partial charge on any atom is 0.221 e. The van der Waals surface area contributed by atoms with Crippen LogP contribution < -0.4 is 10.1 Å². The predicted octanol–water partition coefficient (Wildman–Crippen LogP) is 2.11. The van der Waals surface area contributed by atoms with Crippen LogP contribution in [0.3, 0.4) is 0 Å². The summed E-state index contributed by atoms with van der Waals surface area (Å²) in [5.74, 6) is 0.541. The van der Waals surface area contributed by atoms with E-state index in [9.17, 15) is 4.79 Å². The van der Waals surface area contributed by atoms with Crippen LogP contribution in [0.25, 0.3) is 0 Å². The van der Waals surface area contributed by atoms with Gasteiger partial charge < -0.3 is 15.5 Å². The van der Waals surface area contributed by atoms with E-state index in [0.717, 1.165) is 11.3 Å². The Morgan fingerprint density at radius 2 is 2.28 bits per heavy atom. The smallest absolute Gasteiger partial charge is 0.221 e. The number of anilines is 1. The number of nitrogens with one attached hydrogen (secondary N) is 2. The molecule has 0 radical (unpaired) electrons. The lowest BCUT2D eigenvalue weighted by Gasteiger charge is -2.12. The second kappa shape index (κ2) is 6.54. The summed E-state index contributed by atoms with van der Waals surface area (Å²) in [4.78, 5) is 15.2. The lowest BCUT2D eigenvalue weighted by Crippen LogP contribution is -2.09. The number of carbonyl (C=O) groups is 1. The molecular weight excluding hydrogens is 230 g/mol. The number of nitrogens with zero attached hydrogens (tertiary/aromatic N) is 1. The highest BCUT2D eigenvalue weighted by Gasteiger charge is 2.10. The number of hydrogen-bond donors (Lipinski definition) is 2. The van der Waals surface area contributed by atoms with Crippen molar-refractivity contribution in [1.29, 1.82) is 5.41 Å². The highest BCUT2D eigenvalue weighted by molar-refractivity contribution is 6.09. The Hall–Kier alpha value is -2.17. The van der Waals surface area contributed by atoms with Crippen LogP contribution in [0.1, 0.15) is 18.9 Å². The summed E-state index contributed by atoms with van der Waals surface area (Å²) in [6.07, 6.45) is 1.71. The molecule has 0 atom stereocenters. The molecule has 96 valence electrons. The monoisotopic (exact) mass is 247 g/mol. The van der Waals surface area contributed by atoms with Gasteiger partial charge in [0.05, 0.1) is 12.8 Å². The zero-order valence-corrected chi connectivity index (χ0v) is 10.8. The summed E-state index contributed by atoms with van der Waals surface area (Å²) in [5.41, 5.74) is 2.22. The lowest BCUT2D eigenvalue weighted by molar-refractivity contribution is -0.114. The molecule has 5 heteroatoms. The molecule has 1 amide bonds. The standard InChI is InChI=1S/C13H17N3O2/c1-9(17)16-10-4-5-13(18-3)11(8-10)12(15-2)6-7-14/h4-5,7-8,14H,6H2,1-3H3,(H,16,17). The molecule has 0 aromatic heterocycles. The van der Waals surface area contributed by atoms with Crippen LogP contribution in [-0.4, -0.2) is 32.0 Å². The molecule has 0 saturated heterocycles. The fraction of sp³-hybridized carbons (Fsp3) is 0.308. The highest BCUT2D eigenvalue weighted by Crippen LogP contribution is 2.24. The van der Waals surface area contributed by atoms with Gasteiger partial charge in [0.2, 0.25) is 5.91 Å². The quantitative estimate of drug-likeness (QED) is 0.782. The van der Waals surface area contributed by atoms with E-state index >= 15 is 0 Å². The topological polar surface area (TPSA) is 74.5 Å². The second-order valence-corrected chi connectivity index (χ2v) is 3.67. The predicted molar refractivity (Wildman–Crippen MR) is 73.2 cm³/mol. The molecule has 1 rings (SSSR count). The number of rotatable bonds is 5. The molecule has 0 heterocycles. The first-order valence-electron chi connectivity index (χ1n) is 5.53. The van der Waals surface area contributed by atoms with Crippen molar-refractivity contribution in [3.05, 3.63) is 23.8 Å². The van der Waals surface area contributed by atoms with Crippen LogP contribution in [0.4, 0.5) is 5.69 Å². The molecule has 5 nitrogen and oxygen atoms in total. The Bertz CT molecular complexity index is 481. The number of carbonyl (C=O) groups excluding carboxylic acids is 1. The molecule has 0 spiro atoms. The summed E-state index contributed by atoms with van der Waals surface area (Å²) in [6.45, 7) is 1.45. The molecule has 0 saturated carbocycles. The maximum atomic E-state index is 11.0. The van der Waals surface area contributed by atoms with Crippen molar-refractivity contribution in [3.8, 4) is 5.75 Å². The van der Waals surface area contributed by atoms with Crippen molar-refractivity contribution in [3.63, 3.8) is 0 Å². The number of aliphatic imine (C=N–C) groups is 1. The number of hydrogen-bond acceptors (Lipinski definition) is 4. The van der Waals surface area contributed by atoms with Crippen LogP contribution in [0.5, 0.6) is 5.75 Å². The SMILES string of the molecule is CN=C(CC=N)c1cc(NC(C)=O)ccc1OC. The molecule has 1 aromatic carbocycles. The third kappa shape index (κ3) is 3.41. The summed E-state index contributed by atoms with van der Waals surface area (Å²) in [5, 5.41) is 9.87. The average molecular weight is 247 g/mol. The molecule has 18 heavy (non-hydrogen) atoms. The van der Waals surface area contributed by atoms with Gasteiger partial charge in [-0.05, 0) is 18.2 Å². The minimum absolute atomic E-state index is 0.131. The average Bonchev–Trinajstić information content (AvgIpc) is 2.35. The minimum atomic E-state index is -0.131. The Kier molecular flexibility index (Phi) is 5.05. The van der Waals surface area contributed by atoms with Crippen LogP contribution in [0, 0.1) is 5.41 Å². The van der Waals surface area contributed by atoms with Crippen LogP contribution >= 0.6 is 0 Å². The van der Waals surface area contributed by atoms with Gasteiger partial charge in [-0.15, -0.1) is 0 Å². The number of ether oxygens (including phenoxy) is 1. The molecule has 0 aliphatic rings. The number of benzene rings is 1. The van der Waals surface area contributed by atoms with Crippen molar-refractivity contribution in [1.82, 2.24) is 0 Å². The highest BCUT2D eigenvalue weighted by atomic mass is 16.5. The first-order valence-corrected chi connectivity index (χ1v) is 5.53. The zero-order chi connectivity index (χ0) is 13.5. The number of amides is 1. The molecule has 2 N–H and O–H groups in total. The lowest BCUT2D eigenvalue weighted by atomic mass is 10.1. The summed E-state index contributed by atoms with van der Waals surface area (Å²) < 4.78 is 5.27. The summed E-state index contributed by atoms with van der Waals surface area (Å²) in [7, 11) is 3.25. The second-order valence-electron chi connectivity index (χ2n) is 3.67. The van der Waals surface area contributed by atoms with E-state index in [2.05, 4.69) is 10.3 Å². The first kappa shape index (κ1) is 13.9. The van der Waals surface area contributed by atoms with Crippen LogP contribution in [-0.2, 0) is 4.79 Å². The van der Waals surface area contributed by atoms with Crippen molar-refractivity contribution in [2.45, 2.75) is 13.3 Å². The molecule has 0 unspecified atom stereocenters. The van der Waals surface area contributed by atoms with E-state index in [0.29, 0.717) is 17.9 Å². The number of methoxy groups -OCH3 is 1. The van der Waals surface area contributed by atoms with E-state index in [1.165, 1.54) is 13.1 Å². The minimum Gasteiger partial charge on any atom is -0.496 e. The van der Waals surface area contributed by atoms with Crippen molar-refractivity contribution >= 4 is 23.5 Å². The molecule has 0 fully saturated rings. The first-order chi connectivity index (χ1) is 8.62. The largest absolute Gasteiger partial charge is 0.496 e. The summed E-state index contributed by atoms with van der Waals surface area (Å²) >= 11 is 0.